The summed E-state index contributed by atoms with van der Waals surface area (Å²) in [5.41, 5.74) is 3.07. The zero-order chi connectivity index (χ0) is 22.6. The summed E-state index contributed by atoms with van der Waals surface area (Å²) in [5, 5.41) is 6.29. The molecule has 1 aliphatic heterocycles. The van der Waals surface area contributed by atoms with Crippen molar-refractivity contribution in [1.29, 1.82) is 0 Å². The molecule has 170 valence electrons. The highest BCUT2D eigenvalue weighted by Crippen LogP contribution is 2.34. The maximum atomic E-state index is 12.6. The molecule has 5 rings (SSSR count). The number of nitrogens with one attached hydrogen (secondary N) is 2. The van der Waals surface area contributed by atoms with E-state index in [2.05, 4.69) is 38.5 Å². The molecule has 1 saturated heterocycles. The predicted molar refractivity (Wildman–Crippen MR) is 132 cm³/mol. The second-order valence-electron chi connectivity index (χ2n) is 8.76. The lowest BCUT2D eigenvalue weighted by molar-refractivity contribution is 0.0948. The van der Waals surface area contributed by atoms with Crippen molar-refractivity contribution in [1.82, 2.24) is 20.2 Å². The van der Waals surface area contributed by atoms with Crippen molar-refractivity contribution in [3.05, 3.63) is 72.2 Å². The number of rotatable bonds is 7. The molecule has 6 nitrogen and oxygen atoms in total. The Balaban J connectivity index is 1.09. The molecule has 0 aliphatic carbocycles. The van der Waals surface area contributed by atoms with Crippen molar-refractivity contribution >= 4 is 27.6 Å². The largest absolute Gasteiger partial charge is 0.497 e. The molecule has 0 bridgehead atoms. The third kappa shape index (κ3) is 4.57. The van der Waals surface area contributed by atoms with Gasteiger partial charge in [-0.05, 0) is 74.0 Å². The normalized spacial score (nSPS) is 15.2. The Morgan fingerprint density at radius 1 is 1.15 bits per heavy atom. The van der Waals surface area contributed by atoms with Gasteiger partial charge in [0.1, 0.15) is 11.4 Å². The highest BCUT2D eigenvalue weighted by atomic mass is 16.5. The van der Waals surface area contributed by atoms with E-state index in [4.69, 9.17) is 4.74 Å². The standard InChI is InChI=1S/C27H30N4O2/c1-33-21-7-8-23-24(18-30-25(23)17-21)20-10-15-31(16-11-20)14-4-12-29-27(32)26-22-6-3-2-5-19(22)9-13-28-26/h2-3,5-9,13,17-18,20,30H,4,10-12,14-16H2,1H3,(H,29,32). The number of fused-ring (bicyclic) bond motifs is 2. The first-order valence-electron chi connectivity index (χ1n) is 11.7. The molecule has 1 fully saturated rings. The minimum absolute atomic E-state index is 0.0959. The quantitative estimate of drug-likeness (QED) is 0.406. The topological polar surface area (TPSA) is 70.2 Å². The van der Waals surface area contributed by atoms with Gasteiger partial charge in [0.05, 0.1) is 7.11 Å². The van der Waals surface area contributed by atoms with E-state index < -0.39 is 0 Å². The van der Waals surface area contributed by atoms with E-state index in [1.165, 1.54) is 10.9 Å². The first kappa shape index (κ1) is 21.5. The number of hydrogen-bond donors (Lipinski definition) is 2. The number of pyridine rings is 1. The molecule has 0 radical (unpaired) electrons. The molecule has 6 heteroatoms. The summed E-state index contributed by atoms with van der Waals surface area (Å²) in [6, 6.07) is 16.1. The van der Waals surface area contributed by atoms with Crippen molar-refractivity contribution in [3.8, 4) is 5.75 Å². The summed E-state index contributed by atoms with van der Waals surface area (Å²) in [7, 11) is 1.70. The SMILES string of the molecule is COc1ccc2c(C3CCN(CCCNC(=O)c4nccc5ccccc45)CC3)c[nH]c2c1. The number of benzene rings is 2. The third-order valence-electron chi connectivity index (χ3n) is 6.77. The molecule has 2 aromatic heterocycles. The smallest absolute Gasteiger partial charge is 0.270 e. The number of amides is 1. The third-order valence-corrected chi connectivity index (χ3v) is 6.77. The summed E-state index contributed by atoms with van der Waals surface area (Å²) in [5.74, 6) is 1.37. The van der Waals surface area contributed by atoms with Gasteiger partial charge in [0.25, 0.3) is 5.91 Å². The van der Waals surface area contributed by atoms with E-state index in [9.17, 15) is 4.79 Å². The second-order valence-corrected chi connectivity index (χ2v) is 8.76. The van der Waals surface area contributed by atoms with Crippen LogP contribution in [0.5, 0.6) is 5.75 Å². The van der Waals surface area contributed by atoms with Gasteiger partial charge in [-0.3, -0.25) is 9.78 Å². The maximum absolute atomic E-state index is 12.6. The van der Waals surface area contributed by atoms with E-state index >= 15 is 0 Å². The van der Waals surface area contributed by atoms with Gasteiger partial charge in [-0.15, -0.1) is 0 Å². The average molecular weight is 443 g/mol. The first-order valence-corrected chi connectivity index (χ1v) is 11.7. The van der Waals surface area contributed by atoms with E-state index in [-0.39, 0.29) is 5.91 Å². The van der Waals surface area contributed by atoms with E-state index in [0.717, 1.165) is 60.9 Å². The molecule has 2 aromatic carbocycles. The molecule has 0 spiro atoms. The van der Waals surface area contributed by atoms with Gasteiger partial charge in [-0.2, -0.15) is 0 Å². The van der Waals surface area contributed by atoms with Crippen LogP contribution >= 0.6 is 0 Å². The van der Waals surface area contributed by atoms with Crippen LogP contribution in [0.15, 0.2) is 60.9 Å². The van der Waals surface area contributed by atoms with Crippen LogP contribution in [0.3, 0.4) is 0 Å². The van der Waals surface area contributed by atoms with Crippen molar-refractivity contribution < 1.29 is 9.53 Å². The van der Waals surface area contributed by atoms with Crippen molar-refractivity contribution in [2.24, 2.45) is 0 Å². The van der Waals surface area contributed by atoms with Crippen molar-refractivity contribution in [2.75, 3.05) is 33.3 Å². The Morgan fingerprint density at radius 2 is 2.00 bits per heavy atom. The molecular weight excluding hydrogens is 412 g/mol. The van der Waals surface area contributed by atoms with E-state index in [1.54, 1.807) is 13.3 Å². The molecule has 0 saturated carbocycles. The molecular formula is C27H30N4O2. The summed E-state index contributed by atoms with van der Waals surface area (Å²) >= 11 is 0. The Labute approximate surface area is 194 Å². The minimum atomic E-state index is -0.0959. The molecule has 4 aromatic rings. The predicted octanol–water partition coefficient (Wildman–Crippen LogP) is 4.72. The number of H-pyrrole nitrogens is 1. The van der Waals surface area contributed by atoms with Crippen LogP contribution in [0.2, 0.25) is 0 Å². The molecule has 1 aliphatic rings. The summed E-state index contributed by atoms with van der Waals surface area (Å²) in [4.78, 5) is 22.9. The summed E-state index contributed by atoms with van der Waals surface area (Å²) in [6.45, 7) is 3.84. The zero-order valence-electron chi connectivity index (χ0n) is 19.0. The lowest BCUT2D eigenvalue weighted by Gasteiger charge is -2.32. The Kier molecular flexibility index (Phi) is 6.26. The number of aromatic amines is 1. The molecule has 1 amide bonds. The van der Waals surface area contributed by atoms with Gasteiger partial charge in [0.15, 0.2) is 0 Å². The fourth-order valence-electron chi connectivity index (χ4n) is 4.95. The number of carbonyl (C=O) groups is 1. The van der Waals surface area contributed by atoms with Gasteiger partial charge in [0, 0.05) is 41.3 Å². The van der Waals surface area contributed by atoms with Crippen LogP contribution in [-0.2, 0) is 0 Å². The van der Waals surface area contributed by atoms with Crippen molar-refractivity contribution in [2.45, 2.75) is 25.2 Å². The van der Waals surface area contributed by atoms with Crippen LogP contribution < -0.4 is 10.1 Å². The van der Waals surface area contributed by atoms with Gasteiger partial charge in [0.2, 0.25) is 0 Å². The van der Waals surface area contributed by atoms with Crippen LogP contribution in [0, 0.1) is 0 Å². The van der Waals surface area contributed by atoms with Crippen LogP contribution in [0.25, 0.3) is 21.7 Å². The lowest BCUT2D eigenvalue weighted by Crippen LogP contribution is -2.35. The molecule has 33 heavy (non-hydrogen) atoms. The fraction of sp³-hybridized carbons (Fsp3) is 0.333. The van der Waals surface area contributed by atoms with Gasteiger partial charge in [-0.1, -0.05) is 24.3 Å². The van der Waals surface area contributed by atoms with E-state index in [0.29, 0.717) is 18.2 Å². The monoisotopic (exact) mass is 442 g/mol. The van der Waals surface area contributed by atoms with Crippen molar-refractivity contribution in [3.63, 3.8) is 0 Å². The Morgan fingerprint density at radius 3 is 2.85 bits per heavy atom. The highest BCUT2D eigenvalue weighted by molar-refractivity contribution is 6.05. The highest BCUT2D eigenvalue weighted by Gasteiger charge is 2.22. The number of carbonyl (C=O) groups excluding carboxylic acids is 1. The average Bonchev–Trinajstić information content (AvgIpc) is 3.29. The van der Waals surface area contributed by atoms with Gasteiger partial charge >= 0.3 is 0 Å². The minimum Gasteiger partial charge on any atom is -0.497 e. The maximum Gasteiger partial charge on any atom is 0.270 e. The molecule has 0 unspecified atom stereocenters. The van der Waals surface area contributed by atoms with Gasteiger partial charge < -0.3 is 19.9 Å². The number of hydrogen-bond acceptors (Lipinski definition) is 4. The molecule has 2 N–H and O–H groups in total. The van der Waals surface area contributed by atoms with Crippen LogP contribution in [-0.4, -0.2) is 54.1 Å². The van der Waals surface area contributed by atoms with Gasteiger partial charge in [-0.25, -0.2) is 0 Å². The zero-order valence-corrected chi connectivity index (χ0v) is 19.0. The Bertz CT molecular complexity index is 1250. The Hall–Kier alpha value is -3.38. The molecule has 3 heterocycles. The number of methoxy groups -OCH3 is 1. The molecule has 0 atom stereocenters. The lowest BCUT2D eigenvalue weighted by atomic mass is 9.89. The number of nitrogens with zero attached hydrogens (tertiary/aromatic N) is 2. The number of likely N-dealkylation sites (tertiary alicyclic amines) is 1. The second kappa shape index (κ2) is 9.63. The number of piperidine rings is 1. The van der Waals surface area contributed by atoms with E-state index in [1.807, 2.05) is 36.4 Å². The first-order chi connectivity index (χ1) is 16.2. The summed E-state index contributed by atoms with van der Waals surface area (Å²) < 4.78 is 5.34. The fourth-order valence-corrected chi connectivity index (χ4v) is 4.95. The summed E-state index contributed by atoms with van der Waals surface area (Å²) in [6.07, 6.45) is 7.12. The number of aromatic nitrogens is 2. The van der Waals surface area contributed by atoms with Crippen LogP contribution in [0.4, 0.5) is 0 Å². The van der Waals surface area contributed by atoms with Crippen LogP contribution in [0.1, 0.15) is 41.2 Å². The number of ether oxygens (including phenoxy) is 1.